The number of amides is 1. The first-order valence-corrected chi connectivity index (χ1v) is 11.6. The maximum absolute atomic E-state index is 13.5. The first-order valence-electron chi connectivity index (χ1n) is 9.97. The molecule has 0 radical (unpaired) electrons. The Morgan fingerprint density at radius 1 is 1.06 bits per heavy atom. The molecule has 1 amide bonds. The molecule has 4 rings (SSSR count). The van der Waals surface area contributed by atoms with Crippen molar-refractivity contribution in [3.8, 4) is 16.3 Å². The molecule has 0 fully saturated rings. The molecule has 160 valence electrons. The van der Waals surface area contributed by atoms with Crippen molar-refractivity contribution in [2.75, 3.05) is 31.8 Å². The molecule has 0 aliphatic heterocycles. The molecule has 0 spiro atoms. The minimum atomic E-state index is -0.108. The average molecular weight is 454 g/mol. The zero-order valence-electron chi connectivity index (χ0n) is 17.6. The number of fused-ring (bicyclic) bond motifs is 1. The molecule has 0 unspecified atom stereocenters. The highest BCUT2D eigenvalue weighted by molar-refractivity contribution is 7.22. The summed E-state index contributed by atoms with van der Waals surface area (Å²) in [6.45, 7) is 5.29. The van der Waals surface area contributed by atoms with Crippen LogP contribution in [-0.4, -0.2) is 42.7 Å². The highest BCUT2D eigenvalue weighted by Gasteiger charge is 2.25. The number of ether oxygens (including phenoxy) is 2. The number of rotatable bonds is 8. The molecule has 6 nitrogen and oxygen atoms in total. The number of para-hydroxylation sites is 1. The van der Waals surface area contributed by atoms with Crippen LogP contribution in [0.25, 0.3) is 20.8 Å². The summed E-state index contributed by atoms with van der Waals surface area (Å²) in [6.07, 6.45) is 0. The molecule has 0 saturated carbocycles. The summed E-state index contributed by atoms with van der Waals surface area (Å²) in [4.78, 5) is 25.2. The van der Waals surface area contributed by atoms with E-state index < -0.39 is 0 Å². The van der Waals surface area contributed by atoms with Gasteiger partial charge in [-0.2, -0.15) is 0 Å². The first kappa shape index (κ1) is 21.4. The summed E-state index contributed by atoms with van der Waals surface area (Å²) in [5.41, 5.74) is 2.55. The van der Waals surface area contributed by atoms with Crippen LogP contribution >= 0.6 is 22.7 Å². The highest BCUT2D eigenvalue weighted by atomic mass is 32.1. The highest BCUT2D eigenvalue weighted by Crippen LogP contribution is 2.33. The van der Waals surface area contributed by atoms with Gasteiger partial charge in [0, 0.05) is 12.7 Å². The van der Waals surface area contributed by atoms with Gasteiger partial charge in [-0.1, -0.05) is 23.5 Å². The van der Waals surface area contributed by atoms with Crippen LogP contribution < -0.4 is 9.64 Å². The Bertz CT molecular complexity index is 1150. The van der Waals surface area contributed by atoms with E-state index in [0.717, 1.165) is 26.5 Å². The fourth-order valence-electron chi connectivity index (χ4n) is 3.14. The van der Waals surface area contributed by atoms with E-state index in [2.05, 4.69) is 9.97 Å². The van der Waals surface area contributed by atoms with Crippen molar-refractivity contribution in [2.24, 2.45) is 0 Å². The number of nitrogens with zero attached hydrogens (tertiary/aromatic N) is 3. The Hall–Kier alpha value is -2.81. The van der Waals surface area contributed by atoms with Gasteiger partial charge in [-0.3, -0.25) is 9.69 Å². The average Bonchev–Trinajstić information content (AvgIpc) is 3.38. The minimum Gasteiger partial charge on any atom is -0.494 e. The third kappa shape index (κ3) is 4.61. The van der Waals surface area contributed by atoms with E-state index in [9.17, 15) is 4.79 Å². The number of aromatic nitrogens is 2. The number of hydrogen-bond donors (Lipinski definition) is 0. The van der Waals surface area contributed by atoms with E-state index in [-0.39, 0.29) is 5.91 Å². The smallest absolute Gasteiger partial charge is 0.272 e. The number of aryl methyl sites for hydroxylation is 1. The maximum atomic E-state index is 13.5. The third-order valence-corrected chi connectivity index (χ3v) is 6.93. The van der Waals surface area contributed by atoms with Crippen LogP contribution in [0.15, 0.2) is 48.5 Å². The second kappa shape index (κ2) is 9.55. The summed E-state index contributed by atoms with van der Waals surface area (Å²) in [7, 11) is 1.63. The van der Waals surface area contributed by atoms with Gasteiger partial charge in [0.25, 0.3) is 5.91 Å². The molecular weight excluding hydrogens is 430 g/mol. The SMILES string of the molecule is CCOc1ccc(-c2nc(C)c(C(=O)N(CCOC)c3nc4ccccc4s3)s2)cc1. The molecule has 0 bridgehead atoms. The summed E-state index contributed by atoms with van der Waals surface area (Å²) < 4.78 is 11.8. The van der Waals surface area contributed by atoms with E-state index in [0.29, 0.717) is 35.5 Å². The molecule has 0 aliphatic rings. The Kier molecular flexibility index (Phi) is 6.60. The molecule has 8 heteroatoms. The predicted molar refractivity (Wildman–Crippen MR) is 127 cm³/mol. The number of carbonyl (C=O) groups is 1. The predicted octanol–water partition coefficient (Wildman–Crippen LogP) is 5.42. The standard InChI is InChI=1S/C23H23N3O3S2/c1-4-29-17-11-9-16(10-12-17)21-24-15(2)20(31-21)22(27)26(13-14-28-3)23-25-18-7-5-6-8-19(18)30-23/h5-12H,4,13-14H2,1-3H3. The molecule has 2 aromatic carbocycles. The largest absolute Gasteiger partial charge is 0.494 e. The normalized spacial score (nSPS) is 11.1. The van der Waals surface area contributed by atoms with Gasteiger partial charge in [-0.15, -0.1) is 11.3 Å². The van der Waals surface area contributed by atoms with Gasteiger partial charge in [0.2, 0.25) is 0 Å². The Labute approximate surface area is 189 Å². The van der Waals surface area contributed by atoms with E-state index in [4.69, 9.17) is 9.47 Å². The summed E-state index contributed by atoms with van der Waals surface area (Å²) in [6, 6.07) is 15.7. The van der Waals surface area contributed by atoms with Crippen LogP contribution in [0, 0.1) is 6.92 Å². The summed E-state index contributed by atoms with van der Waals surface area (Å²) in [5.74, 6) is 0.709. The van der Waals surface area contributed by atoms with Crippen LogP contribution in [0.1, 0.15) is 22.3 Å². The fraction of sp³-hybridized carbons (Fsp3) is 0.261. The van der Waals surface area contributed by atoms with E-state index in [1.54, 1.807) is 12.0 Å². The zero-order chi connectivity index (χ0) is 21.8. The van der Waals surface area contributed by atoms with E-state index >= 15 is 0 Å². The Balaban J connectivity index is 1.65. The van der Waals surface area contributed by atoms with E-state index in [1.165, 1.54) is 22.7 Å². The molecule has 31 heavy (non-hydrogen) atoms. The van der Waals surface area contributed by atoms with Crippen LogP contribution in [0.2, 0.25) is 0 Å². The summed E-state index contributed by atoms with van der Waals surface area (Å²) in [5, 5.41) is 1.47. The molecule has 0 saturated heterocycles. The minimum absolute atomic E-state index is 0.108. The molecule has 0 aliphatic carbocycles. The van der Waals surface area contributed by atoms with Crippen molar-refractivity contribution < 1.29 is 14.3 Å². The second-order valence-corrected chi connectivity index (χ2v) is 8.81. The van der Waals surface area contributed by atoms with Crippen LogP contribution in [0.3, 0.4) is 0 Å². The van der Waals surface area contributed by atoms with Crippen LogP contribution in [-0.2, 0) is 4.74 Å². The van der Waals surface area contributed by atoms with E-state index in [1.807, 2.05) is 62.4 Å². The Morgan fingerprint density at radius 3 is 2.55 bits per heavy atom. The monoisotopic (exact) mass is 453 g/mol. The lowest BCUT2D eigenvalue weighted by Crippen LogP contribution is -2.33. The molecule has 4 aromatic rings. The molecule has 2 aromatic heterocycles. The number of anilines is 1. The van der Waals surface area contributed by atoms with Gasteiger partial charge in [-0.25, -0.2) is 9.97 Å². The lowest BCUT2D eigenvalue weighted by atomic mass is 10.2. The zero-order valence-corrected chi connectivity index (χ0v) is 19.3. The maximum Gasteiger partial charge on any atom is 0.272 e. The lowest BCUT2D eigenvalue weighted by Gasteiger charge is -2.18. The van der Waals surface area contributed by atoms with Crippen molar-refractivity contribution in [2.45, 2.75) is 13.8 Å². The van der Waals surface area contributed by atoms with Crippen LogP contribution in [0.4, 0.5) is 5.13 Å². The lowest BCUT2D eigenvalue weighted by molar-refractivity contribution is 0.0979. The van der Waals surface area contributed by atoms with Crippen molar-refractivity contribution >= 4 is 43.9 Å². The number of methoxy groups -OCH3 is 1. The number of thiazole rings is 2. The van der Waals surface area contributed by atoms with Gasteiger partial charge < -0.3 is 9.47 Å². The van der Waals surface area contributed by atoms with Crippen molar-refractivity contribution in [1.82, 2.24) is 9.97 Å². The fourth-order valence-corrected chi connectivity index (χ4v) is 5.15. The second-order valence-electron chi connectivity index (χ2n) is 6.80. The quantitative estimate of drug-likeness (QED) is 0.356. The number of carbonyl (C=O) groups excluding carboxylic acids is 1. The molecular formula is C23H23N3O3S2. The van der Waals surface area contributed by atoms with Gasteiger partial charge >= 0.3 is 0 Å². The van der Waals surface area contributed by atoms with Crippen molar-refractivity contribution in [3.05, 3.63) is 59.1 Å². The van der Waals surface area contributed by atoms with Crippen molar-refractivity contribution in [3.63, 3.8) is 0 Å². The summed E-state index contributed by atoms with van der Waals surface area (Å²) >= 11 is 2.90. The first-order chi connectivity index (χ1) is 15.1. The van der Waals surface area contributed by atoms with Crippen LogP contribution in [0.5, 0.6) is 5.75 Å². The topological polar surface area (TPSA) is 64.5 Å². The van der Waals surface area contributed by atoms with Gasteiger partial charge in [-0.05, 0) is 50.2 Å². The van der Waals surface area contributed by atoms with Gasteiger partial charge in [0.05, 0.1) is 35.7 Å². The molecule has 0 N–H and O–H groups in total. The Morgan fingerprint density at radius 2 is 1.84 bits per heavy atom. The van der Waals surface area contributed by atoms with Gasteiger partial charge in [0.15, 0.2) is 5.13 Å². The number of hydrogen-bond acceptors (Lipinski definition) is 7. The molecule has 2 heterocycles. The van der Waals surface area contributed by atoms with Gasteiger partial charge in [0.1, 0.15) is 15.6 Å². The third-order valence-electron chi connectivity index (χ3n) is 4.68. The number of benzene rings is 2. The van der Waals surface area contributed by atoms with Crippen molar-refractivity contribution in [1.29, 1.82) is 0 Å². The molecule has 0 atom stereocenters.